The van der Waals surface area contributed by atoms with Crippen LogP contribution in [0, 0.1) is 20.8 Å². The molecule has 194 valence electrons. The quantitative estimate of drug-likeness (QED) is 0.215. The standard InChI is InChI=1S/C31H29ClN2O3S/c1-21-11-14-28(15-12-21)38(35,36)34-27(18-25-17-26(32)13-16-31(25)34)20-37-19-24-8-4-5-9-30(24)33-29-10-6-7-22(2)23(29)3/h4-18,33H,19-20H2,1-3H3. The van der Waals surface area contributed by atoms with Crippen LogP contribution in [0.2, 0.25) is 5.02 Å². The van der Waals surface area contributed by atoms with Gasteiger partial charge in [0.1, 0.15) is 0 Å². The number of aromatic nitrogens is 1. The number of nitrogens with zero attached hydrogens (tertiary/aromatic N) is 1. The van der Waals surface area contributed by atoms with Crippen molar-refractivity contribution in [3.63, 3.8) is 0 Å². The summed E-state index contributed by atoms with van der Waals surface area (Å²) in [6.45, 7) is 6.52. The minimum Gasteiger partial charge on any atom is -0.370 e. The monoisotopic (exact) mass is 544 g/mol. The van der Waals surface area contributed by atoms with Crippen LogP contribution < -0.4 is 5.32 Å². The van der Waals surface area contributed by atoms with E-state index >= 15 is 0 Å². The first-order chi connectivity index (χ1) is 18.2. The van der Waals surface area contributed by atoms with Crippen molar-refractivity contribution in [3.8, 4) is 0 Å². The fourth-order valence-electron chi connectivity index (χ4n) is 4.48. The smallest absolute Gasteiger partial charge is 0.268 e. The molecule has 0 aliphatic carbocycles. The van der Waals surface area contributed by atoms with Gasteiger partial charge in [0.25, 0.3) is 10.0 Å². The second-order valence-electron chi connectivity index (χ2n) is 9.44. The summed E-state index contributed by atoms with van der Waals surface area (Å²) in [5.74, 6) is 0. The molecule has 4 aromatic carbocycles. The summed E-state index contributed by atoms with van der Waals surface area (Å²) in [4.78, 5) is 0.222. The van der Waals surface area contributed by atoms with E-state index in [1.165, 1.54) is 15.1 Å². The summed E-state index contributed by atoms with van der Waals surface area (Å²) >= 11 is 6.22. The van der Waals surface area contributed by atoms with Crippen molar-refractivity contribution < 1.29 is 13.2 Å². The van der Waals surface area contributed by atoms with E-state index < -0.39 is 10.0 Å². The highest BCUT2D eigenvalue weighted by atomic mass is 35.5. The lowest BCUT2D eigenvalue weighted by atomic mass is 10.1. The minimum atomic E-state index is -3.85. The average Bonchev–Trinajstić information content (AvgIpc) is 3.26. The summed E-state index contributed by atoms with van der Waals surface area (Å²) in [5, 5.41) is 4.81. The number of rotatable bonds is 8. The zero-order valence-electron chi connectivity index (χ0n) is 21.5. The van der Waals surface area contributed by atoms with Gasteiger partial charge in [-0.1, -0.05) is 59.6 Å². The predicted octanol–water partition coefficient (Wildman–Crippen LogP) is 7.92. The minimum absolute atomic E-state index is 0.106. The maximum atomic E-state index is 13.7. The summed E-state index contributed by atoms with van der Waals surface area (Å²) in [6, 6.07) is 28.0. The molecule has 0 bridgehead atoms. The Labute approximate surface area is 228 Å². The van der Waals surface area contributed by atoms with Crippen LogP contribution >= 0.6 is 11.6 Å². The molecule has 1 heterocycles. The number of hydrogen-bond acceptors (Lipinski definition) is 4. The molecule has 0 aliphatic rings. The van der Waals surface area contributed by atoms with Gasteiger partial charge in [0.2, 0.25) is 0 Å². The first kappa shape index (κ1) is 26.0. The van der Waals surface area contributed by atoms with Crippen LogP contribution in [-0.2, 0) is 28.0 Å². The number of para-hydroxylation sites is 1. The number of fused-ring (bicyclic) bond motifs is 1. The van der Waals surface area contributed by atoms with Crippen molar-refractivity contribution >= 4 is 43.9 Å². The molecule has 0 amide bonds. The maximum Gasteiger partial charge on any atom is 0.268 e. The van der Waals surface area contributed by atoms with E-state index in [1.807, 2.05) is 43.3 Å². The molecule has 0 atom stereocenters. The van der Waals surface area contributed by atoms with Crippen molar-refractivity contribution in [2.75, 3.05) is 5.32 Å². The number of aryl methyl sites for hydroxylation is 2. The molecule has 0 saturated carbocycles. The zero-order chi connectivity index (χ0) is 26.9. The van der Waals surface area contributed by atoms with Crippen molar-refractivity contribution in [3.05, 3.63) is 124 Å². The molecule has 5 rings (SSSR count). The van der Waals surface area contributed by atoms with E-state index in [0.29, 0.717) is 22.8 Å². The second-order valence-corrected chi connectivity index (χ2v) is 11.7. The fourth-order valence-corrected chi connectivity index (χ4v) is 6.19. The van der Waals surface area contributed by atoms with Gasteiger partial charge in [-0.05, 0) is 80.4 Å². The van der Waals surface area contributed by atoms with E-state index in [0.717, 1.165) is 27.9 Å². The molecule has 0 radical (unpaired) electrons. The van der Waals surface area contributed by atoms with Gasteiger partial charge < -0.3 is 10.1 Å². The van der Waals surface area contributed by atoms with Gasteiger partial charge in [-0.25, -0.2) is 12.4 Å². The van der Waals surface area contributed by atoms with Crippen molar-refractivity contribution in [1.82, 2.24) is 3.97 Å². The Hall–Kier alpha value is -3.58. The van der Waals surface area contributed by atoms with Crippen LogP contribution in [0.4, 0.5) is 11.4 Å². The Morgan fingerprint density at radius 1 is 0.816 bits per heavy atom. The molecule has 0 saturated heterocycles. The van der Waals surface area contributed by atoms with Gasteiger partial charge in [-0.3, -0.25) is 0 Å². The number of ether oxygens (including phenoxy) is 1. The highest BCUT2D eigenvalue weighted by Gasteiger charge is 2.23. The van der Waals surface area contributed by atoms with Crippen molar-refractivity contribution in [1.29, 1.82) is 0 Å². The molecule has 0 unspecified atom stereocenters. The van der Waals surface area contributed by atoms with Gasteiger partial charge in [-0.15, -0.1) is 0 Å². The average molecular weight is 545 g/mol. The molecule has 0 spiro atoms. The largest absolute Gasteiger partial charge is 0.370 e. The topological polar surface area (TPSA) is 60.3 Å². The number of nitrogens with one attached hydrogen (secondary N) is 1. The molecule has 0 aliphatic heterocycles. The van der Waals surface area contributed by atoms with Crippen LogP contribution in [0.5, 0.6) is 0 Å². The van der Waals surface area contributed by atoms with Gasteiger partial charge in [0.05, 0.1) is 29.3 Å². The van der Waals surface area contributed by atoms with E-state index in [2.05, 4.69) is 31.3 Å². The number of hydrogen-bond donors (Lipinski definition) is 1. The fraction of sp³-hybridized carbons (Fsp3) is 0.161. The molecule has 5 nitrogen and oxygen atoms in total. The highest BCUT2D eigenvalue weighted by molar-refractivity contribution is 7.90. The van der Waals surface area contributed by atoms with Crippen LogP contribution in [0.3, 0.4) is 0 Å². The Morgan fingerprint density at radius 2 is 1.55 bits per heavy atom. The Balaban J connectivity index is 1.44. The van der Waals surface area contributed by atoms with Crippen LogP contribution in [0.15, 0.2) is 95.9 Å². The summed E-state index contributed by atoms with van der Waals surface area (Å²) in [5.41, 5.74) is 7.44. The molecule has 1 N–H and O–H groups in total. The normalized spacial score (nSPS) is 11.7. The van der Waals surface area contributed by atoms with Crippen molar-refractivity contribution in [2.45, 2.75) is 38.9 Å². The first-order valence-electron chi connectivity index (χ1n) is 12.3. The van der Waals surface area contributed by atoms with Crippen LogP contribution in [0.1, 0.15) is 27.9 Å². The second kappa shape index (κ2) is 10.7. The molecular formula is C31H29ClN2O3S. The Kier molecular flexibility index (Phi) is 7.30. The number of halogens is 1. The zero-order valence-corrected chi connectivity index (χ0v) is 23.1. The summed E-state index contributed by atoms with van der Waals surface area (Å²) in [7, 11) is -3.85. The number of benzene rings is 4. The third-order valence-corrected chi connectivity index (χ3v) is 8.76. The lowest BCUT2D eigenvalue weighted by Crippen LogP contribution is -2.16. The predicted molar refractivity (Wildman–Crippen MR) is 155 cm³/mol. The van der Waals surface area contributed by atoms with Gasteiger partial charge >= 0.3 is 0 Å². The third-order valence-electron chi connectivity index (χ3n) is 6.75. The summed E-state index contributed by atoms with van der Waals surface area (Å²) < 4.78 is 35.0. The van der Waals surface area contributed by atoms with E-state index in [9.17, 15) is 8.42 Å². The Morgan fingerprint density at radius 3 is 2.34 bits per heavy atom. The molecule has 7 heteroatoms. The maximum absolute atomic E-state index is 13.7. The molecular weight excluding hydrogens is 516 g/mol. The van der Waals surface area contributed by atoms with Gasteiger partial charge in [-0.2, -0.15) is 0 Å². The van der Waals surface area contributed by atoms with Crippen molar-refractivity contribution in [2.24, 2.45) is 0 Å². The summed E-state index contributed by atoms with van der Waals surface area (Å²) in [6.07, 6.45) is 0. The van der Waals surface area contributed by atoms with Gasteiger partial charge in [0, 0.05) is 27.3 Å². The van der Waals surface area contributed by atoms with Crippen LogP contribution in [0.25, 0.3) is 10.9 Å². The molecule has 0 fully saturated rings. The lowest BCUT2D eigenvalue weighted by molar-refractivity contribution is 0.105. The molecule has 5 aromatic rings. The first-order valence-corrected chi connectivity index (χ1v) is 14.2. The number of anilines is 2. The lowest BCUT2D eigenvalue weighted by Gasteiger charge is -2.16. The molecule has 1 aromatic heterocycles. The third kappa shape index (κ3) is 5.20. The molecule has 38 heavy (non-hydrogen) atoms. The van der Waals surface area contributed by atoms with E-state index in [4.69, 9.17) is 16.3 Å². The van der Waals surface area contributed by atoms with E-state index in [1.54, 1.807) is 42.5 Å². The highest BCUT2D eigenvalue weighted by Crippen LogP contribution is 2.30. The van der Waals surface area contributed by atoms with E-state index in [-0.39, 0.29) is 11.5 Å². The SMILES string of the molecule is Cc1ccc(S(=O)(=O)n2c(COCc3ccccc3Nc3cccc(C)c3C)cc3cc(Cl)ccc32)cc1. The Bertz CT molecular complexity index is 1720. The van der Waals surface area contributed by atoms with Gasteiger partial charge in [0.15, 0.2) is 0 Å². The van der Waals surface area contributed by atoms with Crippen LogP contribution in [-0.4, -0.2) is 12.4 Å².